The van der Waals surface area contributed by atoms with Crippen LogP contribution in [-0.2, 0) is 10.0 Å². The molecule has 0 unspecified atom stereocenters. The maximum atomic E-state index is 12.5. The molecule has 0 aliphatic carbocycles. The summed E-state index contributed by atoms with van der Waals surface area (Å²) in [7, 11) is -3.73. The number of sulfonamides is 1. The second-order valence-electron chi connectivity index (χ2n) is 4.37. The van der Waals surface area contributed by atoms with Crippen LogP contribution in [0, 0.1) is 6.92 Å². The van der Waals surface area contributed by atoms with Gasteiger partial charge in [0.2, 0.25) is 0 Å². The monoisotopic (exact) mass is 496 g/mol. The average Bonchev–Trinajstić information content (AvgIpc) is 2.36. The highest BCUT2D eigenvalue weighted by Crippen LogP contribution is 2.36. The Balaban J connectivity index is 2.50. The Kier molecular flexibility index (Phi) is 5.02. The third kappa shape index (κ3) is 3.80. The summed E-state index contributed by atoms with van der Waals surface area (Å²) in [6.07, 6.45) is 0. The van der Waals surface area contributed by atoms with E-state index in [2.05, 4.69) is 52.5 Å². The predicted molar refractivity (Wildman–Crippen MR) is 95.9 cm³/mol. The second kappa shape index (κ2) is 6.28. The Labute approximate surface area is 148 Å². The highest BCUT2D eigenvalue weighted by Gasteiger charge is 2.20. The Morgan fingerprint density at radius 1 is 1.05 bits per heavy atom. The van der Waals surface area contributed by atoms with Crippen molar-refractivity contribution in [1.29, 1.82) is 0 Å². The SMILES string of the molecule is Cc1ccc(N)cc1S(=O)(=O)Nc1c(Br)cc(Br)cc1Br. The van der Waals surface area contributed by atoms with E-state index >= 15 is 0 Å². The number of hydrogen-bond donors (Lipinski definition) is 2. The van der Waals surface area contributed by atoms with Gasteiger partial charge in [0, 0.05) is 19.1 Å². The quantitative estimate of drug-likeness (QED) is 0.604. The first-order chi connectivity index (χ1) is 9.70. The van der Waals surface area contributed by atoms with E-state index in [0.717, 1.165) is 4.47 Å². The molecule has 0 aromatic heterocycles. The molecule has 4 nitrogen and oxygen atoms in total. The number of nitrogen functional groups attached to an aromatic ring is 1. The van der Waals surface area contributed by atoms with E-state index in [1.54, 1.807) is 31.2 Å². The summed E-state index contributed by atoms with van der Waals surface area (Å²) in [5.41, 5.74) is 7.13. The zero-order chi connectivity index (χ0) is 15.8. The van der Waals surface area contributed by atoms with Crippen molar-refractivity contribution in [1.82, 2.24) is 0 Å². The van der Waals surface area contributed by atoms with Gasteiger partial charge in [-0.05, 0) is 68.6 Å². The fourth-order valence-electron chi connectivity index (χ4n) is 1.74. The van der Waals surface area contributed by atoms with Gasteiger partial charge in [-0.25, -0.2) is 8.42 Å². The molecule has 8 heteroatoms. The maximum absolute atomic E-state index is 12.5. The lowest BCUT2D eigenvalue weighted by molar-refractivity contribution is 0.600. The molecule has 112 valence electrons. The Morgan fingerprint density at radius 3 is 2.19 bits per heavy atom. The normalized spacial score (nSPS) is 11.4. The van der Waals surface area contributed by atoms with Crippen LogP contribution in [0.2, 0.25) is 0 Å². The average molecular weight is 499 g/mol. The Hall–Kier alpha value is -0.570. The zero-order valence-electron chi connectivity index (χ0n) is 10.8. The molecule has 0 bridgehead atoms. The number of halogens is 3. The summed E-state index contributed by atoms with van der Waals surface area (Å²) in [6, 6.07) is 8.30. The van der Waals surface area contributed by atoms with Gasteiger partial charge in [-0.3, -0.25) is 4.72 Å². The standard InChI is InChI=1S/C13H11Br3N2O2S/c1-7-2-3-9(17)6-12(7)21(19,20)18-13-10(15)4-8(14)5-11(13)16/h2-6,18H,17H2,1H3. The smallest absolute Gasteiger partial charge is 0.262 e. The van der Waals surface area contributed by atoms with Gasteiger partial charge in [0.15, 0.2) is 0 Å². The van der Waals surface area contributed by atoms with Crippen LogP contribution in [0.25, 0.3) is 0 Å². The van der Waals surface area contributed by atoms with E-state index in [1.165, 1.54) is 6.07 Å². The van der Waals surface area contributed by atoms with Crippen LogP contribution in [0.3, 0.4) is 0 Å². The minimum atomic E-state index is -3.73. The molecule has 0 saturated carbocycles. The van der Waals surface area contributed by atoms with Gasteiger partial charge in [0.25, 0.3) is 10.0 Å². The predicted octanol–water partition coefficient (Wildman–Crippen LogP) is 4.67. The Bertz CT molecular complexity index is 784. The number of benzene rings is 2. The van der Waals surface area contributed by atoms with Gasteiger partial charge in [0.05, 0.1) is 10.6 Å². The molecule has 2 rings (SSSR count). The van der Waals surface area contributed by atoms with Gasteiger partial charge >= 0.3 is 0 Å². The molecular formula is C13H11Br3N2O2S. The van der Waals surface area contributed by atoms with Crippen molar-refractivity contribution < 1.29 is 8.42 Å². The number of anilines is 2. The van der Waals surface area contributed by atoms with E-state index in [0.29, 0.717) is 25.9 Å². The van der Waals surface area contributed by atoms with E-state index in [1.807, 2.05) is 0 Å². The van der Waals surface area contributed by atoms with Crippen molar-refractivity contribution in [3.8, 4) is 0 Å². The minimum absolute atomic E-state index is 0.157. The number of rotatable bonds is 3. The first-order valence-corrected chi connectivity index (χ1v) is 9.60. The third-order valence-electron chi connectivity index (χ3n) is 2.75. The van der Waals surface area contributed by atoms with Crippen molar-refractivity contribution in [3.05, 3.63) is 49.3 Å². The number of nitrogens with one attached hydrogen (secondary N) is 1. The van der Waals surface area contributed by atoms with Crippen LogP contribution >= 0.6 is 47.8 Å². The van der Waals surface area contributed by atoms with E-state index in [9.17, 15) is 8.42 Å². The molecule has 0 amide bonds. The fourth-order valence-corrected chi connectivity index (χ4v) is 5.84. The van der Waals surface area contributed by atoms with Gasteiger partial charge < -0.3 is 5.73 Å². The van der Waals surface area contributed by atoms with Crippen molar-refractivity contribution >= 4 is 69.2 Å². The highest BCUT2D eigenvalue weighted by atomic mass is 79.9. The first-order valence-electron chi connectivity index (χ1n) is 5.74. The van der Waals surface area contributed by atoms with Crippen LogP contribution in [0.1, 0.15) is 5.56 Å². The van der Waals surface area contributed by atoms with Gasteiger partial charge in [-0.15, -0.1) is 0 Å². The summed E-state index contributed by atoms with van der Waals surface area (Å²) >= 11 is 10.0. The largest absolute Gasteiger partial charge is 0.399 e. The van der Waals surface area contributed by atoms with E-state index in [-0.39, 0.29) is 4.90 Å². The Morgan fingerprint density at radius 2 is 1.62 bits per heavy atom. The molecule has 0 aliphatic rings. The first kappa shape index (κ1) is 16.8. The lowest BCUT2D eigenvalue weighted by Crippen LogP contribution is -2.15. The summed E-state index contributed by atoms with van der Waals surface area (Å²) in [4.78, 5) is 0.157. The number of aryl methyl sites for hydroxylation is 1. The fraction of sp³-hybridized carbons (Fsp3) is 0.0769. The van der Waals surface area contributed by atoms with Gasteiger partial charge in [-0.1, -0.05) is 22.0 Å². The topological polar surface area (TPSA) is 72.2 Å². The molecule has 0 heterocycles. The molecule has 3 N–H and O–H groups in total. The minimum Gasteiger partial charge on any atom is -0.399 e. The third-order valence-corrected chi connectivity index (χ3v) is 5.95. The maximum Gasteiger partial charge on any atom is 0.262 e. The van der Waals surface area contributed by atoms with Crippen LogP contribution in [0.15, 0.2) is 48.6 Å². The molecule has 0 fully saturated rings. The van der Waals surface area contributed by atoms with Crippen molar-refractivity contribution in [2.75, 3.05) is 10.5 Å². The van der Waals surface area contributed by atoms with E-state index in [4.69, 9.17) is 5.73 Å². The lowest BCUT2D eigenvalue weighted by atomic mass is 10.2. The molecule has 0 saturated heterocycles. The molecule has 21 heavy (non-hydrogen) atoms. The lowest BCUT2D eigenvalue weighted by Gasteiger charge is -2.14. The second-order valence-corrected chi connectivity index (χ2v) is 8.65. The van der Waals surface area contributed by atoms with Gasteiger partial charge in [0.1, 0.15) is 0 Å². The van der Waals surface area contributed by atoms with Crippen LogP contribution in [0.5, 0.6) is 0 Å². The molecule has 0 radical (unpaired) electrons. The van der Waals surface area contributed by atoms with Crippen molar-refractivity contribution in [2.24, 2.45) is 0 Å². The number of hydrogen-bond acceptors (Lipinski definition) is 3. The number of nitrogens with two attached hydrogens (primary N) is 1. The van der Waals surface area contributed by atoms with E-state index < -0.39 is 10.0 Å². The molecule has 0 spiro atoms. The molecular weight excluding hydrogens is 488 g/mol. The van der Waals surface area contributed by atoms with Crippen molar-refractivity contribution in [3.63, 3.8) is 0 Å². The zero-order valence-corrected chi connectivity index (χ0v) is 16.4. The highest BCUT2D eigenvalue weighted by molar-refractivity contribution is 9.11. The van der Waals surface area contributed by atoms with Crippen LogP contribution < -0.4 is 10.5 Å². The molecule has 2 aromatic carbocycles. The van der Waals surface area contributed by atoms with Crippen LogP contribution in [-0.4, -0.2) is 8.42 Å². The summed E-state index contributed by atoms with van der Waals surface area (Å²) in [5, 5.41) is 0. The summed E-state index contributed by atoms with van der Waals surface area (Å²) < 4.78 is 29.7. The molecule has 0 atom stereocenters. The van der Waals surface area contributed by atoms with Crippen LogP contribution in [0.4, 0.5) is 11.4 Å². The molecule has 2 aromatic rings. The summed E-state index contributed by atoms with van der Waals surface area (Å²) in [6.45, 7) is 1.72. The summed E-state index contributed by atoms with van der Waals surface area (Å²) in [5.74, 6) is 0. The van der Waals surface area contributed by atoms with Crippen molar-refractivity contribution in [2.45, 2.75) is 11.8 Å². The molecule has 0 aliphatic heterocycles. The van der Waals surface area contributed by atoms with Gasteiger partial charge in [-0.2, -0.15) is 0 Å².